The molecule has 1 heterocycles. The van der Waals surface area contributed by atoms with Crippen molar-refractivity contribution in [2.24, 2.45) is 11.7 Å². The Morgan fingerprint density at radius 3 is 2.43 bits per heavy atom. The topological polar surface area (TPSA) is 90.4 Å². The molecule has 0 aliphatic carbocycles. The number of primary amides is 1. The lowest BCUT2D eigenvalue weighted by Gasteiger charge is -2.19. The molecule has 5 nitrogen and oxygen atoms in total. The fourth-order valence-corrected chi connectivity index (χ4v) is 3.13. The summed E-state index contributed by atoms with van der Waals surface area (Å²) in [4.78, 5) is 11.8. The summed E-state index contributed by atoms with van der Waals surface area (Å²) in [5.74, 6) is 0.656. The lowest BCUT2D eigenvalue weighted by molar-refractivity contribution is 0.100. The molecule has 2 unspecified atom stereocenters. The summed E-state index contributed by atoms with van der Waals surface area (Å²) in [5, 5.41) is 4.19. The van der Waals surface area contributed by atoms with Crippen LogP contribution in [0.15, 0.2) is 0 Å². The number of nitrogen functional groups attached to an aromatic ring is 1. The largest absolute Gasteiger partial charge is 0.486 e. The molecule has 2 atom stereocenters. The van der Waals surface area contributed by atoms with Gasteiger partial charge in [0.05, 0.1) is 6.10 Å². The number of rotatable bonds is 8. The molecule has 120 valence electrons. The normalized spacial score (nSPS) is 14.0. The molecule has 0 saturated carbocycles. The molecule has 21 heavy (non-hydrogen) atoms. The Balaban J connectivity index is 2.98. The van der Waals surface area contributed by atoms with Crippen LogP contribution >= 0.6 is 11.3 Å². The lowest BCUT2D eigenvalue weighted by Crippen LogP contribution is -2.18. The maximum atomic E-state index is 11.5. The SMILES string of the molecule is CCC(C)CC(C)Nc1sc(C(N)=O)c(N)c1OC(C)C. The van der Waals surface area contributed by atoms with Gasteiger partial charge in [-0.05, 0) is 33.1 Å². The Morgan fingerprint density at radius 1 is 1.33 bits per heavy atom. The molecule has 0 bridgehead atoms. The standard InChI is InChI=1S/C15H27N3O2S/c1-6-9(4)7-10(5)18-15-12(20-8(2)3)11(16)13(21-15)14(17)19/h8-10,18H,6-7,16H2,1-5H3,(H2,17,19). The smallest absolute Gasteiger partial charge is 0.261 e. The molecule has 5 N–H and O–H groups in total. The summed E-state index contributed by atoms with van der Waals surface area (Å²) in [7, 11) is 0. The van der Waals surface area contributed by atoms with Crippen molar-refractivity contribution in [2.45, 2.75) is 59.6 Å². The summed E-state index contributed by atoms with van der Waals surface area (Å²) in [6, 6.07) is 0.272. The van der Waals surface area contributed by atoms with Gasteiger partial charge < -0.3 is 21.5 Å². The van der Waals surface area contributed by atoms with Crippen LogP contribution in [0.2, 0.25) is 0 Å². The number of thiophene rings is 1. The van der Waals surface area contributed by atoms with E-state index in [4.69, 9.17) is 16.2 Å². The van der Waals surface area contributed by atoms with E-state index < -0.39 is 5.91 Å². The zero-order valence-corrected chi connectivity index (χ0v) is 14.3. The van der Waals surface area contributed by atoms with Crippen molar-refractivity contribution in [3.8, 4) is 5.75 Å². The highest BCUT2D eigenvalue weighted by Gasteiger charge is 2.22. The number of anilines is 2. The fraction of sp³-hybridized carbons (Fsp3) is 0.667. The highest BCUT2D eigenvalue weighted by atomic mass is 32.1. The van der Waals surface area contributed by atoms with Crippen LogP contribution in [0.3, 0.4) is 0 Å². The zero-order chi connectivity index (χ0) is 16.2. The van der Waals surface area contributed by atoms with Gasteiger partial charge in [0.15, 0.2) is 5.75 Å². The predicted molar refractivity (Wildman–Crippen MR) is 90.2 cm³/mol. The number of carbonyl (C=O) groups is 1. The summed E-state index contributed by atoms with van der Waals surface area (Å²) >= 11 is 1.26. The molecule has 1 amide bonds. The van der Waals surface area contributed by atoms with Gasteiger partial charge in [-0.3, -0.25) is 4.79 Å². The van der Waals surface area contributed by atoms with Gasteiger partial charge in [0.25, 0.3) is 5.91 Å². The second-order valence-electron chi connectivity index (χ2n) is 5.83. The van der Waals surface area contributed by atoms with E-state index in [-0.39, 0.29) is 12.1 Å². The first kappa shape index (κ1) is 17.6. The lowest BCUT2D eigenvalue weighted by atomic mass is 10.0. The van der Waals surface area contributed by atoms with E-state index in [1.54, 1.807) is 0 Å². The number of hydrogen-bond acceptors (Lipinski definition) is 5. The molecular formula is C15H27N3O2S. The van der Waals surface area contributed by atoms with Crippen molar-refractivity contribution in [1.82, 2.24) is 0 Å². The fourth-order valence-electron chi connectivity index (χ4n) is 2.11. The number of carbonyl (C=O) groups excluding carboxylic acids is 1. The Morgan fingerprint density at radius 2 is 1.95 bits per heavy atom. The maximum absolute atomic E-state index is 11.5. The third-order valence-electron chi connectivity index (χ3n) is 3.31. The van der Waals surface area contributed by atoms with E-state index in [9.17, 15) is 4.79 Å². The van der Waals surface area contributed by atoms with Crippen LogP contribution in [0.1, 0.15) is 57.1 Å². The number of nitrogens with one attached hydrogen (secondary N) is 1. The molecule has 6 heteroatoms. The molecule has 0 radical (unpaired) electrons. The van der Waals surface area contributed by atoms with Crippen LogP contribution in [-0.2, 0) is 0 Å². The van der Waals surface area contributed by atoms with Crippen molar-refractivity contribution >= 4 is 27.9 Å². The number of ether oxygens (including phenoxy) is 1. The number of hydrogen-bond donors (Lipinski definition) is 3. The summed E-state index contributed by atoms with van der Waals surface area (Å²) in [5.41, 5.74) is 11.7. The van der Waals surface area contributed by atoms with Crippen molar-refractivity contribution in [3.05, 3.63) is 4.88 Å². The van der Waals surface area contributed by atoms with Gasteiger partial charge >= 0.3 is 0 Å². The third-order valence-corrected chi connectivity index (χ3v) is 4.44. The molecule has 0 aliphatic rings. The molecule has 0 aromatic carbocycles. The first-order valence-corrected chi connectivity index (χ1v) is 8.23. The molecule has 0 spiro atoms. The number of nitrogens with two attached hydrogens (primary N) is 2. The van der Waals surface area contributed by atoms with E-state index in [1.165, 1.54) is 11.3 Å². The summed E-state index contributed by atoms with van der Waals surface area (Å²) in [6.45, 7) is 10.4. The van der Waals surface area contributed by atoms with Gasteiger partial charge in [-0.15, -0.1) is 11.3 Å². The minimum atomic E-state index is -0.520. The highest BCUT2D eigenvalue weighted by molar-refractivity contribution is 7.19. The molecular weight excluding hydrogens is 286 g/mol. The second kappa shape index (κ2) is 7.54. The van der Waals surface area contributed by atoms with Crippen LogP contribution in [0.5, 0.6) is 5.75 Å². The van der Waals surface area contributed by atoms with Crippen molar-refractivity contribution in [3.63, 3.8) is 0 Å². The van der Waals surface area contributed by atoms with Crippen LogP contribution < -0.4 is 21.5 Å². The van der Waals surface area contributed by atoms with Crippen molar-refractivity contribution in [2.75, 3.05) is 11.1 Å². The monoisotopic (exact) mass is 313 g/mol. The third kappa shape index (κ3) is 4.81. The van der Waals surface area contributed by atoms with Gasteiger partial charge in [-0.2, -0.15) is 0 Å². The van der Waals surface area contributed by atoms with Gasteiger partial charge in [-0.1, -0.05) is 20.3 Å². The van der Waals surface area contributed by atoms with Crippen LogP contribution in [0.4, 0.5) is 10.7 Å². The first-order valence-electron chi connectivity index (χ1n) is 7.41. The minimum Gasteiger partial charge on any atom is -0.486 e. The van der Waals surface area contributed by atoms with E-state index in [0.29, 0.717) is 22.2 Å². The molecule has 1 aromatic heterocycles. The Hall–Kier alpha value is -1.43. The van der Waals surface area contributed by atoms with Crippen molar-refractivity contribution < 1.29 is 9.53 Å². The summed E-state index contributed by atoms with van der Waals surface area (Å²) in [6.07, 6.45) is 2.16. The van der Waals surface area contributed by atoms with Gasteiger partial charge in [0.2, 0.25) is 0 Å². The Bertz CT molecular complexity index is 486. The van der Waals surface area contributed by atoms with Crippen LogP contribution in [0, 0.1) is 5.92 Å². The average Bonchev–Trinajstić information content (AvgIpc) is 2.66. The van der Waals surface area contributed by atoms with Crippen LogP contribution in [0.25, 0.3) is 0 Å². The van der Waals surface area contributed by atoms with E-state index in [1.807, 2.05) is 13.8 Å². The molecule has 1 rings (SSSR count). The maximum Gasteiger partial charge on any atom is 0.261 e. The predicted octanol–water partition coefficient (Wildman–Crippen LogP) is 3.45. The highest BCUT2D eigenvalue weighted by Crippen LogP contribution is 2.43. The van der Waals surface area contributed by atoms with Crippen LogP contribution in [-0.4, -0.2) is 18.1 Å². The van der Waals surface area contributed by atoms with Gasteiger partial charge in [0.1, 0.15) is 15.6 Å². The number of amides is 1. The van der Waals surface area contributed by atoms with E-state index in [2.05, 4.69) is 26.1 Å². The molecule has 1 aromatic rings. The molecule has 0 saturated heterocycles. The van der Waals surface area contributed by atoms with E-state index in [0.717, 1.165) is 17.8 Å². The van der Waals surface area contributed by atoms with Gasteiger partial charge in [-0.25, -0.2) is 0 Å². The second-order valence-corrected chi connectivity index (χ2v) is 6.85. The summed E-state index contributed by atoms with van der Waals surface area (Å²) < 4.78 is 5.75. The Labute approximate surface area is 131 Å². The Kier molecular flexibility index (Phi) is 6.33. The first-order chi connectivity index (χ1) is 9.76. The average molecular weight is 313 g/mol. The van der Waals surface area contributed by atoms with Gasteiger partial charge in [0, 0.05) is 6.04 Å². The van der Waals surface area contributed by atoms with Crippen molar-refractivity contribution in [1.29, 1.82) is 0 Å². The minimum absolute atomic E-state index is 0.0203. The molecule has 0 aliphatic heterocycles. The molecule has 0 fully saturated rings. The zero-order valence-electron chi connectivity index (χ0n) is 13.5. The van der Waals surface area contributed by atoms with E-state index >= 15 is 0 Å². The quantitative estimate of drug-likeness (QED) is 0.685.